The van der Waals surface area contributed by atoms with Gasteiger partial charge in [0, 0.05) is 0 Å². The number of rotatable bonds is 6. The zero-order valence-corrected chi connectivity index (χ0v) is 16.3. The summed E-state index contributed by atoms with van der Waals surface area (Å²) in [4.78, 5) is 37.8. The Morgan fingerprint density at radius 3 is 2.41 bits per heavy atom. The number of hydrogen-bond donors (Lipinski definition) is 1. The van der Waals surface area contributed by atoms with Crippen LogP contribution >= 0.6 is 11.8 Å². The van der Waals surface area contributed by atoms with Gasteiger partial charge in [0.25, 0.3) is 11.1 Å². The van der Waals surface area contributed by atoms with Gasteiger partial charge in [0.05, 0.1) is 25.7 Å². The molecule has 0 aliphatic carbocycles. The number of nitrogens with zero attached hydrogens (tertiary/aromatic N) is 1. The Morgan fingerprint density at radius 1 is 1.14 bits per heavy atom. The first-order chi connectivity index (χ1) is 13.8. The Hall–Kier alpha value is -3.33. The van der Waals surface area contributed by atoms with Gasteiger partial charge >= 0.3 is 5.97 Å². The van der Waals surface area contributed by atoms with E-state index < -0.39 is 22.9 Å². The van der Waals surface area contributed by atoms with Crippen molar-refractivity contribution in [3.8, 4) is 11.5 Å². The molecule has 3 rings (SSSR count). The zero-order valence-electron chi connectivity index (χ0n) is 15.5. The van der Waals surface area contributed by atoms with E-state index in [0.29, 0.717) is 17.3 Å². The molecule has 0 saturated carbocycles. The lowest BCUT2D eigenvalue weighted by atomic mass is 10.0. The molecule has 0 radical (unpaired) electrons. The lowest BCUT2D eigenvalue weighted by molar-refractivity contribution is -0.123. The summed E-state index contributed by atoms with van der Waals surface area (Å²) in [5, 5.41) is 9.10. The van der Waals surface area contributed by atoms with Gasteiger partial charge in [0.2, 0.25) is 0 Å². The number of hydrogen-bond acceptors (Lipinski definition) is 6. The number of ether oxygens (including phenoxy) is 2. The minimum Gasteiger partial charge on any atom is -0.493 e. The van der Waals surface area contributed by atoms with E-state index in [1.165, 1.54) is 56.7 Å². The highest BCUT2D eigenvalue weighted by atomic mass is 32.2. The number of thioether (sulfide) groups is 1. The number of benzene rings is 2. The summed E-state index contributed by atoms with van der Waals surface area (Å²) >= 11 is 0.702. The molecular weight excluding hydrogens is 401 g/mol. The summed E-state index contributed by atoms with van der Waals surface area (Å²) in [5.74, 6) is -2.00. The Morgan fingerprint density at radius 2 is 1.83 bits per heavy atom. The summed E-state index contributed by atoms with van der Waals surface area (Å²) < 4.78 is 23.3. The molecule has 1 N–H and O–H groups in total. The quantitative estimate of drug-likeness (QED) is 0.715. The van der Waals surface area contributed by atoms with Crippen molar-refractivity contribution >= 4 is 35.0 Å². The van der Waals surface area contributed by atoms with Gasteiger partial charge in [-0.2, -0.15) is 0 Å². The second kappa shape index (κ2) is 8.36. The molecule has 1 aliphatic rings. The Labute approximate surface area is 169 Å². The lowest BCUT2D eigenvalue weighted by Gasteiger charge is -2.13. The van der Waals surface area contributed by atoms with Gasteiger partial charge in [0.15, 0.2) is 11.5 Å². The van der Waals surface area contributed by atoms with E-state index >= 15 is 0 Å². The maximum absolute atomic E-state index is 13.0. The molecule has 1 fully saturated rings. The Kier molecular flexibility index (Phi) is 5.88. The van der Waals surface area contributed by atoms with Gasteiger partial charge in [-0.15, -0.1) is 0 Å². The fourth-order valence-corrected chi connectivity index (χ4v) is 3.66. The van der Waals surface area contributed by atoms with Gasteiger partial charge in [-0.05, 0) is 47.2 Å². The van der Waals surface area contributed by atoms with Crippen molar-refractivity contribution in [1.29, 1.82) is 0 Å². The van der Waals surface area contributed by atoms with E-state index in [9.17, 15) is 23.9 Å². The molecule has 150 valence electrons. The first kappa shape index (κ1) is 20.4. The smallest absolute Gasteiger partial charge is 0.340 e. The predicted molar refractivity (Wildman–Crippen MR) is 104 cm³/mol. The fourth-order valence-electron chi connectivity index (χ4n) is 2.83. The molecule has 0 aromatic heterocycles. The molecule has 0 unspecified atom stereocenters. The number of aromatic carboxylic acids is 1. The number of halogens is 1. The maximum Gasteiger partial charge on any atom is 0.340 e. The van der Waals surface area contributed by atoms with E-state index in [1.807, 2.05) is 0 Å². The average Bonchev–Trinajstić information content (AvgIpc) is 2.96. The van der Waals surface area contributed by atoms with Crippen LogP contribution in [0.2, 0.25) is 0 Å². The number of imide groups is 1. The summed E-state index contributed by atoms with van der Waals surface area (Å²) in [6.07, 6.45) is 1.33. The molecule has 29 heavy (non-hydrogen) atoms. The van der Waals surface area contributed by atoms with Gasteiger partial charge < -0.3 is 14.6 Å². The van der Waals surface area contributed by atoms with Gasteiger partial charge in [-0.3, -0.25) is 14.5 Å². The molecule has 2 amide bonds. The Balaban J connectivity index is 1.95. The van der Waals surface area contributed by atoms with Crippen molar-refractivity contribution < 1.29 is 33.4 Å². The van der Waals surface area contributed by atoms with Crippen LogP contribution in [0.4, 0.5) is 9.18 Å². The molecule has 7 nitrogen and oxygen atoms in total. The number of methoxy groups -OCH3 is 2. The molecule has 0 bridgehead atoms. The van der Waals surface area contributed by atoms with Crippen LogP contribution < -0.4 is 9.47 Å². The summed E-state index contributed by atoms with van der Waals surface area (Å²) in [5.41, 5.74) is 0.604. The van der Waals surface area contributed by atoms with Crippen LogP contribution in [-0.4, -0.2) is 41.3 Å². The van der Waals surface area contributed by atoms with Crippen molar-refractivity contribution in [2.24, 2.45) is 0 Å². The minimum atomic E-state index is -1.27. The van der Waals surface area contributed by atoms with Crippen LogP contribution in [-0.2, 0) is 11.3 Å². The number of carbonyl (C=O) groups excluding carboxylic acids is 2. The van der Waals surface area contributed by atoms with Crippen LogP contribution in [0.3, 0.4) is 0 Å². The molecule has 2 aromatic carbocycles. The van der Waals surface area contributed by atoms with Crippen molar-refractivity contribution in [2.75, 3.05) is 14.2 Å². The van der Waals surface area contributed by atoms with Gasteiger partial charge in [-0.1, -0.05) is 18.2 Å². The lowest BCUT2D eigenvalue weighted by Crippen LogP contribution is -2.27. The third-order valence-corrected chi connectivity index (χ3v) is 5.11. The first-order valence-corrected chi connectivity index (χ1v) is 9.15. The molecule has 1 aliphatic heterocycles. The van der Waals surface area contributed by atoms with Crippen molar-refractivity contribution in [3.05, 3.63) is 63.8 Å². The topological polar surface area (TPSA) is 93.1 Å². The summed E-state index contributed by atoms with van der Waals surface area (Å²) in [6.45, 7) is -0.0139. The number of carbonyl (C=O) groups is 3. The van der Waals surface area contributed by atoms with Gasteiger partial charge in [-0.25, -0.2) is 9.18 Å². The molecule has 2 aromatic rings. The standard InChI is InChI=1S/C20H16FNO6S/c1-27-14-8-5-12(16(19(24)25)17(14)28-2)9-15-18(23)22(20(26)29-15)10-11-3-6-13(21)7-4-11/h3-9H,10H2,1-2H3,(H,24,25)/b15-9+. The van der Waals surface area contributed by atoms with E-state index in [2.05, 4.69) is 0 Å². The highest BCUT2D eigenvalue weighted by molar-refractivity contribution is 8.18. The SMILES string of the molecule is COc1ccc(/C=C2/SC(=O)N(Cc3ccc(F)cc3)C2=O)c(C(=O)O)c1OC. The highest BCUT2D eigenvalue weighted by Gasteiger charge is 2.35. The third kappa shape index (κ3) is 4.09. The van der Waals surface area contributed by atoms with Crippen molar-refractivity contribution in [3.63, 3.8) is 0 Å². The second-order valence-electron chi connectivity index (χ2n) is 5.96. The first-order valence-electron chi connectivity index (χ1n) is 8.33. The largest absolute Gasteiger partial charge is 0.493 e. The van der Waals surface area contributed by atoms with Crippen molar-refractivity contribution in [2.45, 2.75) is 6.54 Å². The van der Waals surface area contributed by atoms with Crippen LogP contribution in [0.1, 0.15) is 21.5 Å². The normalized spacial score (nSPS) is 15.1. The van der Waals surface area contributed by atoms with E-state index in [1.54, 1.807) is 0 Å². The molecule has 9 heteroatoms. The second-order valence-corrected chi connectivity index (χ2v) is 6.96. The highest BCUT2D eigenvalue weighted by Crippen LogP contribution is 2.38. The van der Waals surface area contributed by atoms with Crippen LogP contribution in [0, 0.1) is 5.82 Å². The molecular formula is C20H16FNO6S. The van der Waals surface area contributed by atoms with Crippen LogP contribution in [0.5, 0.6) is 11.5 Å². The Bertz CT molecular complexity index is 1020. The summed E-state index contributed by atoms with van der Waals surface area (Å²) in [7, 11) is 2.69. The zero-order chi connectivity index (χ0) is 21.1. The molecule has 0 atom stereocenters. The molecule has 1 saturated heterocycles. The molecule has 0 spiro atoms. The summed E-state index contributed by atoms with van der Waals surface area (Å²) in [6, 6.07) is 8.44. The van der Waals surface area contributed by atoms with Crippen LogP contribution in [0.25, 0.3) is 6.08 Å². The predicted octanol–water partition coefficient (Wildman–Crippen LogP) is 3.78. The van der Waals surface area contributed by atoms with Crippen molar-refractivity contribution in [1.82, 2.24) is 4.90 Å². The van der Waals surface area contributed by atoms with E-state index in [0.717, 1.165) is 4.90 Å². The maximum atomic E-state index is 13.0. The third-order valence-electron chi connectivity index (χ3n) is 4.21. The fraction of sp³-hybridized carbons (Fsp3) is 0.150. The number of amides is 2. The minimum absolute atomic E-state index is 0.0132. The monoisotopic (exact) mass is 417 g/mol. The van der Waals surface area contributed by atoms with Gasteiger partial charge in [0.1, 0.15) is 11.4 Å². The molecule has 1 heterocycles. The number of carboxylic acids is 1. The van der Waals surface area contributed by atoms with E-state index in [4.69, 9.17) is 9.47 Å². The van der Waals surface area contributed by atoms with E-state index in [-0.39, 0.29) is 34.1 Å². The average molecular weight is 417 g/mol. The number of carboxylic acid groups (broad SMARTS) is 1. The van der Waals surface area contributed by atoms with Crippen LogP contribution in [0.15, 0.2) is 41.3 Å².